The summed E-state index contributed by atoms with van der Waals surface area (Å²) in [7, 11) is 0. The number of aromatic nitrogens is 2. The van der Waals surface area contributed by atoms with Crippen LogP contribution < -0.4 is 10.1 Å². The van der Waals surface area contributed by atoms with Gasteiger partial charge in [0.15, 0.2) is 0 Å². The van der Waals surface area contributed by atoms with Gasteiger partial charge in [0.05, 0.1) is 18.4 Å². The lowest BCUT2D eigenvalue weighted by Crippen LogP contribution is -2.12. The third-order valence-electron chi connectivity index (χ3n) is 4.68. The summed E-state index contributed by atoms with van der Waals surface area (Å²) in [5, 5.41) is 8.30. The highest BCUT2D eigenvalue weighted by Crippen LogP contribution is 2.25. The molecular formula is C24H18BrCl2N3O2. The summed E-state index contributed by atoms with van der Waals surface area (Å²) in [4.78, 5) is 12.7. The Morgan fingerprint density at radius 2 is 1.75 bits per heavy atom. The maximum Gasteiger partial charge on any atom is 0.255 e. The first-order chi connectivity index (χ1) is 15.5. The molecule has 5 nitrogen and oxygen atoms in total. The summed E-state index contributed by atoms with van der Waals surface area (Å²) in [6, 6.07) is 20.3. The standard InChI is InChI=1S/C24H18BrCl2N3O2/c25-18-7-9-20(10-8-18)32-15-16-3-1-4-17(11-16)24(31)29-19-12-28-30(13-19)14-21-22(26)5-2-6-23(21)27/h1-13H,14-15H2,(H,29,31). The third-order valence-corrected chi connectivity index (χ3v) is 5.92. The third kappa shape index (κ3) is 5.71. The number of nitrogens with zero attached hydrogens (tertiary/aromatic N) is 2. The zero-order chi connectivity index (χ0) is 22.5. The normalized spacial score (nSPS) is 10.7. The van der Waals surface area contributed by atoms with Crippen LogP contribution in [0.15, 0.2) is 83.6 Å². The predicted molar refractivity (Wildman–Crippen MR) is 131 cm³/mol. The molecule has 3 aromatic carbocycles. The van der Waals surface area contributed by atoms with Crippen LogP contribution in [0.1, 0.15) is 21.5 Å². The molecule has 0 bridgehead atoms. The van der Waals surface area contributed by atoms with Gasteiger partial charge < -0.3 is 10.1 Å². The molecule has 0 saturated carbocycles. The second-order valence-electron chi connectivity index (χ2n) is 7.02. The highest BCUT2D eigenvalue weighted by molar-refractivity contribution is 9.10. The molecule has 0 aliphatic heterocycles. The van der Waals surface area contributed by atoms with Crippen LogP contribution in [0.4, 0.5) is 5.69 Å². The van der Waals surface area contributed by atoms with Crippen molar-refractivity contribution in [2.45, 2.75) is 13.2 Å². The molecular weight excluding hydrogens is 513 g/mol. The number of ether oxygens (including phenoxy) is 1. The number of hydrogen-bond acceptors (Lipinski definition) is 3. The van der Waals surface area contributed by atoms with E-state index in [0.717, 1.165) is 21.3 Å². The summed E-state index contributed by atoms with van der Waals surface area (Å²) in [6.45, 7) is 0.760. The average molecular weight is 531 g/mol. The van der Waals surface area contributed by atoms with E-state index < -0.39 is 0 Å². The highest BCUT2D eigenvalue weighted by Gasteiger charge is 2.11. The van der Waals surface area contributed by atoms with E-state index in [0.29, 0.717) is 34.4 Å². The number of benzene rings is 3. The quantitative estimate of drug-likeness (QED) is 0.285. The predicted octanol–water partition coefficient (Wildman–Crippen LogP) is 6.83. The van der Waals surface area contributed by atoms with Crippen LogP contribution in [0.25, 0.3) is 0 Å². The molecule has 32 heavy (non-hydrogen) atoms. The summed E-state index contributed by atoms with van der Waals surface area (Å²) < 4.78 is 8.45. The molecule has 0 aliphatic rings. The number of rotatable bonds is 7. The first-order valence-corrected chi connectivity index (χ1v) is 11.3. The van der Waals surface area contributed by atoms with Crippen LogP contribution in [0.3, 0.4) is 0 Å². The molecule has 0 unspecified atom stereocenters. The Kier molecular flexibility index (Phi) is 7.15. The summed E-state index contributed by atoms with van der Waals surface area (Å²) in [5.74, 6) is 0.528. The van der Waals surface area contributed by atoms with Gasteiger partial charge in [-0.3, -0.25) is 9.48 Å². The molecule has 0 spiro atoms. The van der Waals surface area contributed by atoms with E-state index in [4.69, 9.17) is 27.9 Å². The first-order valence-electron chi connectivity index (χ1n) is 9.72. The molecule has 0 aliphatic carbocycles. The maximum atomic E-state index is 12.7. The Labute approximate surface area is 204 Å². The lowest BCUT2D eigenvalue weighted by molar-refractivity contribution is 0.102. The van der Waals surface area contributed by atoms with Gasteiger partial charge in [-0.1, -0.05) is 57.3 Å². The van der Waals surface area contributed by atoms with Crippen LogP contribution in [0, 0.1) is 0 Å². The van der Waals surface area contributed by atoms with E-state index in [1.807, 2.05) is 42.5 Å². The number of halogens is 3. The van der Waals surface area contributed by atoms with Gasteiger partial charge >= 0.3 is 0 Å². The molecule has 1 aromatic heterocycles. The van der Waals surface area contributed by atoms with Gasteiger partial charge in [0.25, 0.3) is 5.91 Å². The molecule has 1 amide bonds. The number of anilines is 1. The van der Waals surface area contributed by atoms with Gasteiger partial charge in [0.2, 0.25) is 0 Å². The molecule has 0 atom stereocenters. The smallest absolute Gasteiger partial charge is 0.255 e. The molecule has 4 aromatic rings. The minimum atomic E-state index is -0.231. The van der Waals surface area contributed by atoms with Crippen LogP contribution in [-0.4, -0.2) is 15.7 Å². The molecule has 0 radical (unpaired) electrons. The van der Waals surface area contributed by atoms with E-state index in [9.17, 15) is 4.79 Å². The molecule has 1 N–H and O–H groups in total. The van der Waals surface area contributed by atoms with Crippen molar-refractivity contribution in [1.82, 2.24) is 9.78 Å². The minimum absolute atomic E-state index is 0.231. The highest BCUT2D eigenvalue weighted by atomic mass is 79.9. The van der Waals surface area contributed by atoms with E-state index in [2.05, 4.69) is 26.3 Å². The van der Waals surface area contributed by atoms with Gasteiger partial charge in [-0.25, -0.2) is 0 Å². The molecule has 4 rings (SSSR count). The Bertz CT molecular complexity index is 1220. The second kappa shape index (κ2) is 10.2. The van der Waals surface area contributed by atoms with Crippen molar-refractivity contribution in [3.8, 4) is 5.75 Å². The van der Waals surface area contributed by atoms with E-state index >= 15 is 0 Å². The van der Waals surface area contributed by atoms with Gasteiger partial charge in [0, 0.05) is 31.8 Å². The molecule has 1 heterocycles. The molecule has 0 saturated heterocycles. The topological polar surface area (TPSA) is 56.2 Å². The number of hydrogen-bond donors (Lipinski definition) is 1. The van der Waals surface area contributed by atoms with Gasteiger partial charge in [-0.2, -0.15) is 5.10 Å². The van der Waals surface area contributed by atoms with Crippen LogP contribution in [-0.2, 0) is 13.2 Å². The van der Waals surface area contributed by atoms with Gasteiger partial charge in [-0.05, 0) is 54.1 Å². The lowest BCUT2D eigenvalue weighted by atomic mass is 10.1. The number of amides is 1. The van der Waals surface area contributed by atoms with Crippen molar-refractivity contribution in [2.75, 3.05) is 5.32 Å². The van der Waals surface area contributed by atoms with Crippen molar-refractivity contribution in [3.63, 3.8) is 0 Å². The monoisotopic (exact) mass is 529 g/mol. The Balaban J connectivity index is 1.39. The van der Waals surface area contributed by atoms with Crippen molar-refractivity contribution >= 4 is 50.7 Å². The Morgan fingerprint density at radius 3 is 2.50 bits per heavy atom. The summed E-state index contributed by atoms with van der Waals surface area (Å²) >= 11 is 15.9. The average Bonchev–Trinajstić information content (AvgIpc) is 3.23. The fourth-order valence-corrected chi connectivity index (χ4v) is 3.84. The number of nitrogens with one attached hydrogen (secondary N) is 1. The van der Waals surface area contributed by atoms with Crippen molar-refractivity contribution in [3.05, 3.63) is 110 Å². The van der Waals surface area contributed by atoms with E-state index in [1.165, 1.54) is 0 Å². The van der Waals surface area contributed by atoms with E-state index in [1.54, 1.807) is 41.3 Å². The molecule has 8 heteroatoms. The first kappa shape index (κ1) is 22.4. The zero-order valence-corrected chi connectivity index (χ0v) is 19.9. The lowest BCUT2D eigenvalue weighted by Gasteiger charge is -2.08. The van der Waals surface area contributed by atoms with Crippen LogP contribution >= 0.6 is 39.1 Å². The fourth-order valence-electron chi connectivity index (χ4n) is 3.06. The Morgan fingerprint density at radius 1 is 1.03 bits per heavy atom. The number of carbonyl (C=O) groups excluding carboxylic acids is 1. The van der Waals surface area contributed by atoms with Crippen molar-refractivity contribution < 1.29 is 9.53 Å². The van der Waals surface area contributed by atoms with Crippen molar-refractivity contribution in [1.29, 1.82) is 0 Å². The maximum absolute atomic E-state index is 12.7. The SMILES string of the molecule is O=C(Nc1cnn(Cc2c(Cl)cccc2Cl)c1)c1cccc(COc2ccc(Br)cc2)c1. The van der Waals surface area contributed by atoms with Gasteiger partial charge in [-0.15, -0.1) is 0 Å². The van der Waals surface area contributed by atoms with Gasteiger partial charge in [0.1, 0.15) is 12.4 Å². The van der Waals surface area contributed by atoms with Crippen molar-refractivity contribution in [2.24, 2.45) is 0 Å². The Hall–Kier alpha value is -2.80. The number of carbonyl (C=O) groups is 1. The summed E-state index contributed by atoms with van der Waals surface area (Å²) in [6.07, 6.45) is 3.32. The van der Waals surface area contributed by atoms with Crippen LogP contribution in [0.5, 0.6) is 5.75 Å². The van der Waals surface area contributed by atoms with E-state index in [-0.39, 0.29) is 5.91 Å². The largest absolute Gasteiger partial charge is 0.489 e. The molecule has 162 valence electrons. The minimum Gasteiger partial charge on any atom is -0.489 e. The van der Waals surface area contributed by atoms with Crippen LogP contribution in [0.2, 0.25) is 10.0 Å². The second-order valence-corrected chi connectivity index (χ2v) is 8.75. The molecule has 0 fully saturated rings. The fraction of sp³-hybridized carbons (Fsp3) is 0.0833. The zero-order valence-electron chi connectivity index (χ0n) is 16.8. The summed E-state index contributed by atoms with van der Waals surface area (Å²) in [5.41, 5.74) is 2.78.